The fraction of sp³-hybridized carbons (Fsp3) is 0. The summed E-state index contributed by atoms with van der Waals surface area (Å²) < 4.78 is 0. The van der Waals surface area contributed by atoms with Gasteiger partial charge in [-0.3, -0.25) is 0 Å². The van der Waals surface area contributed by atoms with Gasteiger partial charge in [-0.25, -0.2) is 9.97 Å². The second kappa shape index (κ2) is 2.92. The highest BCUT2D eigenvalue weighted by Gasteiger charge is 2.01. The van der Waals surface area contributed by atoms with E-state index in [-0.39, 0.29) is 5.75 Å². The second-order valence-corrected chi connectivity index (χ2v) is 3.38. The Balaban J connectivity index is 2.64. The summed E-state index contributed by atoms with van der Waals surface area (Å²) >= 11 is 0. The van der Waals surface area contributed by atoms with Crippen molar-refractivity contribution in [1.82, 2.24) is 9.97 Å². The molecule has 1 aromatic heterocycles. The van der Waals surface area contributed by atoms with Gasteiger partial charge in [0.25, 0.3) is 0 Å². The van der Waals surface area contributed by atoms with Crippen LogP contribution >= 0.6 is 0 Å². The zero-order chi connectivity index (χ0) is 10.3. The van der Waals surface area contributed by atoms with Crippen molar-refractivity contribution in [2.24, 2.45) is 0 Å². The van der Waals surface area contributed by atoms with Gasteiger partial charge in [0, 0.05) is 11.6 Å². The van der Waals surface area contributed by atoms with Gasteiger partial charge >= 0.3 is 0 Å². The highest BCUT2D eigenvalue weighted by atomic mass is 16.3. The van der Waals surface area contributed by atoms with E-state index in [1.165, 1.54) is 6.33 Å². The maximum atomic E-state index is 11.7. The number of nitrogens with zero attached hydrogens (tertiary/aromatic N) is 2. The van der Waals surface area contributed by atoms with E-state index in [0.717, 1.165) is 16.2 Å². The molecule has 3 heteroatoms. The lowest BCUT2D eigenvalue weighted by molar-refractivity contribution is -0.265. The van der Waals surface area contributed by atoms with Crippen LogP contribution < -0.4 is 5.11 Å². The molecular weight excluding hydrogens is 188 g/mol. The van der Waals surface area contributed by atoms with Crippen molar-refractivity contribution >= 4 is 21.7 Å². The molecule has 0 aliphatic heterocycles. The van der Waals surface area contributed by atoms with Crippen molar-refractivity contribution < 1.29 is 5.11 Å². The predicted molar refractivity (Wildman–Crippen MR) is 56.5 cm³/mol. The Morgan fingerprint density at radius 1 is 1.07 bits per heavy atom. The molecule has 2 aromatic carbocycles. The molecule has 0 bridgehead atoms. The summed E-state index contributed by atoms with van der Waals surface area (Å²) in [4.78, 5) is 7.96. The third-order valence-corrected chi connectivity index (χ3v) is 2.48. The van der Waals surface area contributed by atoms with Gasteiger partial charge in [-0.15, -0.1) is 0 Å². The van der Waals surface area contributed by atoms with Gasteiger partial charge in [0.15, 0.2) is 0 Å². The van der Waals surface area contributed by atoms with Gasteiger partial charge in [0.2, 0.25) is 0 Å². The molecule has 3 aromatic rings. The molecular formula is C12H7N2O-. The van der Waals surface area contributed by atoms with Crippen LogP contribution in [0.15, 0.2) is 42.9 Å². The maximum absolute atomic E-state index is 11.7. The molecule has 0 radical (unpaired) electrons. The third kappa shape index (κ3) is 1.13. The van der Waals surface area contributed by atoms with Gasteiger partial charge in [0.1, 0.15) is 6.33 Å². The van der Waals surface area contributed by atoms with E-state index in [4.69, 9.17) is 0 Å². The van der Waals surface area contributed by atoms with Crippen molar-refractivity contribution in [2.75, 3.05) is 0 Å². The van der Waals surface area contributed by atoms with E-state index in [0.29, 0.717) is 5.52 Å². The normalized spacial score (nSPS) is 10.9. The van der Waals surface area contributed by atoms with Crippen LogP contribution in [0, 0.1) is 0 Å². The number of aromatic nitrogens is 2. The largest absolute Gasteiger partial charge is 0.871 e. The monoisotopic (exact) mass is 195 g/mol. The highest BCUT2D eigenvalue weighted by Crippen LogP contribution is 2.28. The first-order chi connectivity index (χ1) is 7.36. The second-order valence-electron chi connectivity index (χ2n) is 3.38. The van der Waals surface area contributed by atoms with Gasteiger partial charge in [-0.1, -0.05) is 36.1 Å². The number of rotatable bonds is 0. The van der Waals surface area contributed by atoms with E-state index >= 15 is 0 Å². The molecule has 72 valence electrons. The smallest absolute Gasteiger partial charge is 0.116 e. The number of hydrogen-bond donors (Lipinski definition) is 0. The molecule has 1 heterocycles. The average Bonchev–Trinajstić information content (AvgIpc) is 2.30. The summed E-state index contributed by atoms with van der Waals surface area (Å²) in [6.45, 7) is 0. The molecule has 0 spiro atoms. The van der Waals surface area contributed by atoms with Crippen LogP contribution in [0.25, 0.3) is 21.7 Å². The first kappa shape index (κ1) is 8.17. The Morgan fingerprint density at radius 3 is 2.87 bits per heavy atom. The van der Waals surface area contributed by atoms with Gasteiger partial charge in [-0.2, -0.15) is 0 Å². The van der Waals surface area contributed by atoms with Crippen molar-refractivity contribution in [3.63, 3.8) is 0 Å². The van der Waals surface area contributed by atoms with Crippen LogP contribution in [0.2, 0.25) is 0 Å². The quantitative estimate of drug-likeness (QED) is 0.514. The molecule has 3 nitrogen and oxygen atoms in total. The van der Waals surface area contributed by atoms with E-state index < -0.39 is 0 Å². The minimum Gasteiger partial charge on any atom is -0.871 e. The predicted octanol–water partition coefficient (Wildman–Crippen LogP) is 1.86. The Bertz CT molecular complexity index is 649. The minimum atomic E-state index is -0.0499. The van der Waals surface area contributed by atoms with Crippen LogP contribution in [-0.4, -0.2) is 9.97 Å². The van der Waals surface area contributed by atoms with Gasteiger partial charge < -0.3 is 5.11 Å². The number of hydrogen-bond acceptors (Lipinski definition) is 3. The zero-order valence-corrected chi connectivity index (χ0v) is 7.84. The number of fused-ring (bicyclic) bond motifs is 3. The zero-order valence-electron chi connectivity index (χ0n) is 7.84. The molecule has 0 saturated heterocycles. The van der Waals surface area contributed by atoms with Crippen molar-refractivity contribution in [3.05, 3.63) is 42.9 Å². The standard InChI is InChI=1S/C12H8N2O/c15-11-5-8-3-1-2-4-9(8)10-6-13-7-14-12(10)11/h1-7,15H/p-1. The van der Waals surface area contributed by atoms with E-state index in [9.17, 15) is 5.11 Å². The Hall–Kier alpha value is -2.16. The maximum Gasteiger partial charge on any atom is 0.116 e. The SMILES string of the molecule is [O-]c1cc2ccccc2c2cncnc12. The highest BCUT2D eigenvalue weighted by molar-refractivity contribution is 6.08. The minimum absolute atomic E-state index is 0.0499. The summed E-state index contributed by atoms with van der Waals surface area (Å²) in [5, 5.41) is 14.5. The fourth-order valence-electron chi connectivity index (χ4n) is 1.80. The lowest BCUT2D eigenvalue weighted by Gasteiger charge is -2.11. The summed E-state index contributed by atoms with van der Waals surface area (Å²) in [6, 6.07) is 9.37. The topological polar surface area (TPSA) is 48.8 Å². The molecule has 0 unspecified atom stereocenters. The number of benzene rings is 2. The van der Waals surface area contributed by atoms with Crippen LogP contribution in [-0.2, 0) is 0 Å². The molecule has 15 heavy (non-hydrogen) atoms. The van der Waals surface area contributed by atoms with E-state index in [2.05, 4.69) is 9.97 Å². The fourth-order valence-corrected chi connectivity index (χ4v) is 1.80. The molecule has 0 fully saturated rings. The van der Waals surface area contributed by atoms with E-state index in [1.54, 1.807) is 12.3 Å². The molecule has 0 aliphatic rings. The van der Waals surface area contributed by atoms with Gasteiger partial charge in [0.05, 0.1) is 5.52 Å². The van der Waals surface area contributed by atoms with Crippen molar-refractivity contribution in [3.8, 4) is 5.75 Å². The summed E-state index contributed by atoms with van der Waals surface area (Å²) in [5.41, 5.74) is 0.490. The Kier molecular flexibility index (Phi) is 1.59. The average molecular weight is 195 g/mol. The lowest BCUT2D eigenvalue weighted by Crippen LogP contribution is -1.94. The van der Waals surface area contributed by atoms with Crippen LogP contribution in [0.1, 0.15) is 0 Å². The lowest BCUT2D eigenvalue weighted by atomic mass is 10.1. The summed E-state index contributed by atoms with van der Waals surface area (Å²) in [7, 11) is 0. The Morgan fingerprint density at radius 2 is 1.93 bits per heavy atom. The molecule has 0 aliphatic carbocycles. The van der Waals surface area contributed by atoms with Gasteiger partial charge in [-0.05, 0) is 10.8 Å². The van der Waals surface area contributed by atoms with Crippen LogP contribution in [0.4, 0.5) is 0 Å². The van der Waals surface area contributed by atoms with Crippen molar-refractivity contribution in [1.29, 1.82) is 0 Å². The van der Waals surface area contributed by atoms with Crippen LogP contribution in [0.5, 0.6) is 5.75 Å². The molecule has 0 amide bonds. The third-order valence-electron chi connectivity index (χ3n) is 2.48. The van der Waals surface area contributed by atoms with Crippen molar-refractivity contribution in [2.45, 2.75) is 0 Å². The molecule has 0 atom stereocenters. The molecule has 0 N–H and O–H groups in total. The van der Waals surface area contributed by atoms with E-state index in [1.807, 2.05) is 24.3 Å². The Labute approximate surface area is 86.0 Å². The van der Waals surface area contributed by atoms with Crippen LogP contribution in [0.3, 0.4) is 0 Å². The first-order valence-electron chi connectivity index (χ1n) is 4.65. The summed E-state index contributed by atoms with van der Waals surface area (Å²) in [6.07, 6.45) is 3.09. The molecule has 3 rings (SSSR count). The summed E-state index contributed by atoms with van der Waals surface area (Å²) in [5.74, 6) is -0.0499. The first-order valence-corrected chi connectivity index (χ1v) is 4.65. The molecule has 0 saturated carbocycles.